The van der Waals surface area contributed by atoms with Crippen molar-refractivity contribution in [1.29, 1.82) is 0 Å². The summed E-state index contributed by atoms with van der Waals surface area (Å²) < 4.78 is 0. The number of carbonyl (C=O) groups excluding carboxylic acids is 1. The molecule has 2 rings (SSSR count). The molecule has 0 bridgehead atoms. The van der Waals surface area contributed by atoms with Gasteiger partial charge in [-0.15, -0.1) is 0 Å². The number of hydrogen-bond acceptors (Lipinski definition) is 4. The zero-order valence-electron chi connectivity index (χ0n) is 11.4. The molecule has 1 amide bonds. The first-order valence-corrected chi connectivity index (χ1v) is 6.36. The second-order valence-corrected chi connectivity index (χ2v) is 4.64. The van der Waals surface area contributed by atoms with Gasteiger partial charge in [0.25, 0.3) is 5.91 Å². The maximum atomic E-state index is 11.9. The van der Waals surface area contributed by atoms with Crippen molar-refractivity contribution in [2.75, 3.05) is 0 Å². The highest BCUT2D eigenvalue weighted by molar-refractivity contribution is 5.93. The molecule has 2 aromatic rings. The Labute approximate surface area is 121 Å². The van der Waals surface area contributed by atoms with Crippen molar-refractivity contribution in [3.63, 3.8) is 0 Å². The van der Waals surface area contributed by atoms with Gasteiger partial charge in [-0.1, -0.05) is 48.5 Å². The fraction of sp³-hybridized carbons (Fsp3) is 0.133. The van der Waals surface area contributed by atoms with E-state index in [1.54, 1.807) is 60.7 Å². The minimum atomic E-state index is -1.61. The summed E-state index contributed by atoms with van der Waals surface area (Å²) in [6.45, 7) is 1.40. The highest BCUT2D eigenvalue weighted by atomic mass is 16.6. The van der Waals surface area contributed by atoms with Crippen molar-refractivity contribution in [2.45, 2.75) is 12.6 Å². The van der Waals surface area contributed by atoms with Gasteiger partial charge in [-0.25, -0.2) is 0 Å². The summed E-state index contributed by atoms with van der Waals surface area (Å²) in [4.78, 5) is 22.8. The summed E-state index contributed by atoms with van der Waals surface area (Å²) in [6, 6.07) is 16.9. The molecule has 2 aromatic carbocycles. The Bertz CT molecular complexity index is 631. The second-order valence-electron chi connectivity index (χ2n) is 4.64. The molecule has 0 aliphatic rings. The number of hydrazine groups is 1. The lowest BCUT2D eigenvalue weighted by Gasteiger charge is -2.22. The van der Waals surface area contributed by atoms with Crippen LogP contribution in [0.4, 0.5) is 0 Å². The fourth-order valence-corrected chi connectivity index (χ4v) is 1.83. The van der Waals surface area contributed by atoms with Gasteiger partial charge in [0.15, 0.2) is 0 Å². The van der Waals surface area contributed by atoms with E-state index < -0.39 is 16.5 Å². The third-order valence-electron chi connectivity index (χ3n) is 3.16. The van der Waals surface area contributed by atoms with Crippen LogP contribution in [0.3, 0.4) is 0 Å². The Morgan fingerprint density at radius 1 is 1.05 bits per heavy atom. The number of hydrogen-bond donors (Lipinski definition) is 2. The van der Waals surface area contributed by atoms with E-state index in [0.29, 0.717) is 11.1 Å². The highest BCUT2D eigenvalue weighted by Crippen LogP contribution is 2.20. The Kier molecular flexibility index (Phi) is 4.30. The van der Waals surface area contributed by atoms with Crippen LogP contribution < -0.4 is 10.9 Å². The third-order valence-corrected chi connectivity index (χ3v) is 3.16. The zero-order chi connectivity index (χ0) is 15.3. The van der Waals surface area contributed by atoms with Crippen LogP contribution in [0.15, 0.2) is 60.7 Å². The molecule has 0 aliphatic carbocycles. The molecule has 0 spiro atoms. The monoisotopic (exact) mass is 285 g/mol. The molecule has 0 saturated heterocycles. The van der Waals surface area contributed by atoms with E-state index in [1.165, 1.54) is 6.92 Å². The predicted molar refractivity (Wildman–Crippen MR) is 77.8 cm³/mol. The average molecular weight is 285 g/mol. The lowest BCUT2D eigenvalue weighted by atomic mass is 10.0. The molecule has 2 N–H and O–H groups in total. The summed E-state index contributed by atoms with van der Waals surface area (Å²) in [5, 5.41) is 11.4. The Balaban J connectivity index is 2.15. The molecule has 6 nitrogen and oxygen atoms in total. The summed E-state index contributed by atoms with van der Waals surface area (Å²) in [6.07, 6.45) is 0. The SMILES string of the molecule is CC(NNC(=O)c1ccccc1)(c1ccccc1)[N+](=O)[O-]. The summed E-state index contributed by atoms with van der Waals surface area (Å²) in [5.41, 5.74) is 4.16. The van der Waals surface area contributed by atoms with Crippen LogP contribution in [-0.4, -0.2) is 10.8 Å². The lowest BCUT2D eigenvalue weighted by molar-refractivity contribution is -0.584. The average Bonchev–Trinajstić information content (AvgIpc) is 2.53. The summed E-state index contributed by atoms with van der Waals surface area (Å²) in [5.74, 6) is -0.431. The molecule has 1 atom stereocenters. The standard InChI is InChI=1S/C15H15N3O3/c1-15(18(20)21,13-10-6-3-7-11-13)17-16-14(19)12-8-4-2-5-9-12/h2-11,17H,1H3,(H,16,19). The topological polar surface area (TPSA) is 84.3 Å². The maximum absolute atomic E-state index is 11.9. The Morgan fingerprint density at radius 3 is 2.10 bits per heavy atom. The van der Waals surface area contributed by atoms with Gasteiger partial charge in [0.2, 0.25) is 0 Å². The van der Waals surface area contributed by atoms with Crippen molar-refractivity contribution in [2.24, 2.45) is 0 Å². The maximum Gasteiger partial charge on any atom is 0.313 e. The van der Waals surface area contributed by atoms with Crippen molar-refractivity contribution < 1.29 is 9.72 Å². The van der Waals surface area contributed by atoms with Crippen LogP contribution >= 0.6 is 0 Å². The van der Waals surface area contributed by atoms with E-state index in [-0.39, 0.29) is 0 Å². The molecule has 21 heavy (non-hydrogen) atoms. The van der Waals surface area contributed by atoms with Crippen LogP contribution in [0.25, 0.3) is 0 Å². The molecule has 0 heterocycles. The van der Waals surface area contributed by atoms with Crippen molar-refractivity contribution >= 4 is 5.91 Å². The molecule has 1 unspecified atom stereocenters. The van der Waals surface area contributed by atoms with Gasteiger partial charge in [0.05, 0.1) is 0 Å². The number of rotatable bonds is 5. The molecule has 0 aliphatic heterocycles. The van der Waals surface area contributed by atoms with E-state index in [1.807, 2.05) is 0 Å². The molecule has 6 heteroatoms. The van der Waals surface area contributed by atoms with Gasteiger partial charge in [-0.3, -0.25) is 20.3 Å². The van der Waals surface area contributed by atoms with Crippen LogP contribution in [0.2, 0.25) is 0 Å². The van der Waals surface area contributed by atoms with Crippen LogP contribution in [0.1, 0.15) is 22.8 Å². The number of nitrogens with one attached hydrogen (secondary N) is 2. The Morgan fingerprint density at radius 2 is 1.57 bits per heavy atom. The zero-order valence-corrected chi connectivity index (χ0v) is 11.4. The predicted octanol–water partition coefficient (Wildman–Crippen LogP) is 2.07. The first-order chi connectivity index (χ1) is 10.0. The largest absolute Gasteiger partial charge is 0.313 e. The van der Waals surface area contributed by atoms with E-state index in [0.717, 1.165) is 0 Å². The normalized spacial score (nSPS) is 13.2. The van der Waals surface area contributed by atoms with Gasteiger partial charge < -0.3 is 0 Å². The van der Waals surface area contributed by atoms with Crippen LogP contribution in [0.5, 0.6) is 0 Å². The number of nitro groups is 1. The van der Waals surface area contributed by atoms with Crippen molar-refractivity contribution in [3.05, 3.63) is 81.9 Å². The molecular formula is C15H15N3O3. The van der Waals surface area contributed by atoms with Gasteiger partial charge in [0.1, 0.15) is 0 Å². The second kappa shape index (κ2) is 6.15. The molecule has 0 radical (unpaired) electrons. The quantitative estimate of drug-likeness (QED) is 0.500. The fourth-order valence-electron chi connectivity index (χ4n) is 1.83. The van der Waals surface area contributed by atoms with Gasteiger partial charge in [0, 0.05) is 23.0 Å². The van der Waals surface area contributed by atoms with E-state index >= 15 is 0 Å². The van der Waals surface area contributed by atoms with Crippen LogP contribution in [0, 0.1) is 10.1 Å². The summed E-state index contributed by atoms with van der Waals surface area (Å²) >= 11 is 0. The van der Waals surface area contributed by atoms with Gasteiger partial charge in [-0.05, 0) is 12.1 Å². The van der Waals surface area contributed by atoms with E-state index in [9.17, 15) is 14.9 Å². The minimum absolute atomic E-state index is 0.420. The molecular weight excluding hydrogens is 270 g/mol. The number of benzene rings is 2. The molecule has 0 aromatic heterocycles. The van der Waals surface area contributed by atoms with Gasteiger partial charge in [-0.2, -0.15) is 5.43 Å². The summed E-state index contributed by atoms with van der Waals surface area (Å²) in [7, 11) is 0. The first-order valence-electron chi connectivity index (χ1n) is 6.36. The highest BCUT2D eigenvalue weighted by Gasteiger charge is 2.39. The smallest absolute Gasteiger partial charge is 0.281 e. The van der Waals surface area contributed by atoms with Crippen LogP contribution in [-0.2, 0) is 5.66 Å². The number of carbonyl (C=O) groups is 1. The Hall–Kier alpha value is -2.73. The number of amides is 1. The van der Waals surface area contributed by atoms with Crippen molar-refractivity contribution in [3.8, 4) is 0 Å². The number of nitrogens with zero attached hydrogens (tertiary/aromatic N) is 1. The van der Waals surface area contributed by atoms with E-state index in [4.69, 9.17) is 0 Å². The minimum Gasteiger partial charge on any atom is -0.281 e. The third kappa shape index (κ3) is 3.24. The molecule has 108 valence electrons. The molecule has 0 fully saturated rings. The van der Waals surface area contributed by atoms with E-state index in [2.05, 4.69) is 10.9 Å². The van der Waals surface area contributed by atoms with Gasteiger partial charge >= 0.3 is 5.66 Å². The first kappa shape index (κ1) is 14.7. The molecule has 0 saturated carbocycles. The lowest BCUT2D eigenvalue weighted by Crippen LogP contribution is -2.54. The van der Waals surface area contributed by atoms with Crippen molar-refractivity contribution in [1.82, 2.24) is 10.9 Å².